The van der Waals surface area contributed by atoms with Crippen LogP contribution in [0.15, 0.2) is 12.4 Å². The molecule has 1 spiro atoms. The summed E-state index contributed by atoms with van der Waals surface area (Å²) < 4.78 is 0. The lowest BCUT2D eigenvalue weighted by molar-refractivity contribution is -0.0768. The fourth-order valence-electron chi connectivity index (χ4n) is 3.60. The molecule has 0 aromatic carbocycles. The zero-order valence-corrected chi connectivity index (χ0v) is 13.4. The highest BCUT2D eigenvalue weighted by Crippen LogP contribution is 2.41. The third kappa shape index (κ3) is 2.62. The molecule has 3 nitrogen and oxygen atoms in total. The molecule has 2 aliphatic heterocycles. The van der Waals surface area contributed by atoms with E-state index < -0.39 is 0 Å². The summed E-state index contributed by atoms with van der Waals surface area (Å²) in [6.45, 7) is 17.0. The minimum atomic E-state index is 0.515. The van der Waals surface area contributed by atoms with Gasteiger partial charge in [-0.25, -0.2) is 0 Å². The van der Waals surface area contributed by atoms with Crippen LogP contribution in [-0.4, -0.2) is 59.0 Å². The number of piperidine rings is 1. The van der Waals surface area contributed by atoms with Crippen molar-refractivity contribution in [1.29, 1.82) is 0 Å². The molecule has 19 heavy (non-hydrogen) atoms. The quantitative estimate of drug-likeness (QED) is 0.774. The summed E-state index contributed by atoms with van der Waals surface area (Å²) in [4.78, 5) is 7.47. The molecule has 0 unspecified atom stereocenters. The topological polar surface area (TPSA) is 9.72 Å². The summed E-state index contributed by atoms with van der Waals surface area (Å²) in [6, 6.07) is 1.22. The molecule has 0 saturated carbocycles. The van der Waals surface area contributed by atoms with Crippen molar-refractivity contribution in [2.75, 3.05) is 26.7 Å². The SMILES string of the molecule is C=C(N1CCC2(CC1)CCN2C(C)C)N(C)C(C)C. The minimum absolute atomic E-state index is 0.515. The summed E-state index contributed by atoms with van der Waals surface area (Å²) >= 11 is 0. The number of hydrogen-bond acceptors (Lipinski definition) is 3. The van der Waals surface area contributed by atoms with Gasteiger partial charge in [0.05, 0.1) is 5.82 Å². The van der Waals surface area contributed by atoms with Gasteiger partial charge in [-0.1, -0.05) is 6.58 Å². The summed E-state index contributed by atoms with van der Waals surface area (Å²) in [5.41, 5.74) is 0.515. The van der Waals surface area contributed by atoms with Crippen molar-refractivity contribution >= 4 is 0 Å². The lowest BCUT2D eigenvalue weighted by Gasteiger charge is -2.59. The maximum Gasteiger partial charge on any atom is 0.0964 e. The van der Waals surface area contributed by atoms with E-state index in [-0.39, 0.29) is 0 Å². The Bertz CT molecular complexity index is 327. The van der Waals surface area contributed by atoms with Crippen molar-refractivity contribution in [2.24, 2.45) is 0 Å². The van der Waals surface area contributed by atoms with E-state index in [1.807, 2.05) is 0 Å². The highest BCUT2D eigenvalue weighted by atomic mass is 15.4. The van der Waals surface area contributed by atoms with Gasteiger partial charge in [0, 0.05) is 44.3 Å². The Morgan fingerprint density at radius 2 is 1.58 bits per heavy atom. The average molecular weight is 265 g/mol. The van der Waals surface area contributed by atoms with E-state index in [0.29, 0.717) is 17.6 Å². The van der Waals surface area contributed by atoms with E-state index >= 15 is 0 Å². The first-order valence-electron chi connectivity index (χ1n) is 7.81. The van der Waals surface area contributed by atoms with Crippen LogP contribution in [-0.2, 0) is 0 Å². The van der Waals surface area contributed by atoms with Crippen LogP contribution in [0.5, 0.6) is 0 Å². The van der Waals surface area contributed by atoms with Crippen LogP contribution >= 0.6 is 0 Å². The molecular weight excluding hydrogens is 234 g/mol. The zero-order chi connectivity index (χ0) is 14.2. The van der Waals surface area contributed by atoms with Crippen molar-refractivity contribution in [2.45, 2.75) is 64.6 Å². The second-order valence-electron chi connectivity index (χ2n) is 6.87. The predicted molar refractivity (Wildman–Crippen MR) is 82.0 cm³/mol. The molecule has 2 fully saturated rings. The third-order valence-electron chi connectivity index (χ3n) is 5.29. The Morgan fingerprint density at radius 3 is 1.95 bits per heavy atom. The fourth-order valence-corrected chi connectivity index (χ4v) is 3.60. The molecule has 0 bridgehead atoms. The van der Waals surface area contributed by atoms with Crippen LogP contribution in [0.1, 0.15) is 47.0 Å². The molecule has 3 heteroatoms. The lowest BCUT2D eigenvalue weighted by atomic mass is 9.75. The van der Waals surface area contributed by atoms with E-state index in [1.165, 1.54) is 44.7 Å². The van der Waals surface area contributed by atoms with E-state index in [1.54, 1.807) is 0 Å². The van der Waals surface area contributed by atoms with Gasteiger partial charge in [0.1, 0.15) is 0 Å². The van der Waals surface area contributed by atoms with E-state index in [2.05, 4.69) is 56.0 Å². The van der Waals surface area contributed by atoms with Gasteiger partial charge in [0.2, 0.25) is 0 Å². The van der Waals surface area contributed by atoms with Crippen LogP contribution in [0.2, 0.25) is 0 Å². The lowest BCUT2D eigenvalue weighted by Crippen LogP contribution is -2.66. The van der Waals surface area contributed by atoms with E-state index in [9.17, 15) is 0 Å². The third-order valence-corrected chi connectivity index (χ3v) is 5.29. The Labute approximate surface area is 119 Å². The van der Waals surface area contributed by atoms with Gasteiger partial charge in [0.25, 0.3) is 0 Å². The van der Waals surface area contributed by atoms with Gasteiger partial charge >= 0.3 is 0 Å². The van der Waals surface area contributed by atoms with Crippen LogP contribution < -0.4 is 0 Å². The Morgan fingerprint density at radius 1 is 1.05 bits per heavy atom. The summed E-state index contributed by atoms with van der Waals surface area (Å²) in [6.07, 6.45) is 4.00. The molecule has 2 heterocycles. The number of hydrogen-bond donors (Lipinski definition) is 0. The summed E-state index contributed by atoms with van der Waals surface area (Å²) in [5.74, 6) is 1.19. The average Bonchev–Trinajstić information content (AvgIpc) is 2.35. The summed E-state index contributed by atoms with van der Waals surface area (Å²) in [7, 11) is 2.15. The Balaban J connectivity index is 1.91. The first kappa shape index (κ1) is 14.7. The predicted octanol–water partition coefficient (Wildman–Crippen LogP) is 2.75. The molecule has 2 saturated heterocycles. The maximum absolute atomic E-state index is 4.28. The fraction of sp³-hybridized carbons (Fsp3) is 0.875. The zero-order valence-electron chi connectivity index (χ0n) is 13.4. The van der Waals surface area contributed by atoms with Gasteiger partial charge in [0.15, 0.2) is 0 Å². The van der Waals surface area contributed by atoms with Crippen LogP contribution in [0.25, 0.3) is 0 Å². The van der Waals surface area contributed by atoms with Gasteiger partial charge in [-0.3, -0.25) is 4.90 Å². The van der Waals surface area contributed by atoms with Crippen molar-refractivity contribution in [1.82, 2.24) is 14.7 Å². The van der Waals surface area contributed by atoms with Crippen molar-refractivity contribution in [3.05, 3.63) is 12.4 Å². The number of rotatable bonds is 4. The highest BCUT2D eigenvalue weighted by molar-refractivity contribution is 5.07. The molecule has 0 aliphatic carbocycles. The number of likely N-dealkylation sites (tertiary alicyclic amines) is 2. The van der Waals surface area contributed by atoms with Crippen LogP contribution in [0.4, 0.5) is 0 Å². The second-order valence-corrected chi connectivity index (χ2v) is 6.87. The molecule has 0 radical (unpaired) electrons. The molecule has 0 amide bonds. The minimum Gasteiger partial charge on any atom is -0.359 e. The van der Waals surface area contributed by atoms with Crippen molar-refractivity contribution in [3.8, 4) is 0 Å². The Hall–Kier alpha value is -0.700. The van der Waals surface area contributed by atoms with E-state index in [0.717, 1.165) is 0 Å². The van der Waals surface area contributed by atoms with Crippen molar-refractivity contribution < 1.29 is 0 Å². The standard InChI is InChI=1S/C16H31N3/c1-13(2)17(6)15(5)18-10-7-16(8-11-18)9-12-19(16)14(3)4/h13-14H,5,7-12H2,1-4,6H3. The molecular formula is C16H31N3. The Kier molecular flexibility index (Phi) is 4.14. The second kappa shape index (κ2) is 5.35. The first-order chi connectivity index (χ1) is 8.87. The molecule has 2 rings (SSSR count). The molecule has 110 valence electrons. The van der Waals surface area contributed by atoms with Gasteiger partial charge < -0.3 is 9.80 Å². The first-order valence-corrected chi connectivity index (χ1v) is 7.81. The molecule has 0 N–H and O–H groups in total. The van der Waals surface area contributed by atoms with Crippen LogP contribution in [0.3, 0.4) is 0 Å². The molecule has 2 aliphatic rings. The largest absolute Gasteiger partial charge is 0.359 e. The van der Waals surface area contributed by atoms with Crippen LogP contribution in [0, 0.1) is 0 Å². The smallest absolute Gasteiger partial charge is 0.0964 e. The molecule has 0 atom stereocenters. The normalized spacial score (nSPS) is 23.0. The molecule has 0 aromatic rings. The van der Waals surface area contributed by atoms with Crippen molar-refractivity contribution in [3.63, 3.8) is 0 Å². The highest BCUT2D eigenvalue weighted by Gasteiger charge is 2.47. The molecule has 0 aromatic heterocycles. The maximum atomic E-state index is 4.28. The van der Waals surface area contributed by atoms with E-state index in [4.69, 9.17) is 0 Å². The van der Waals surface area contributed by atoms with Gasteiger partial charge in [-0.15, -0.1) is 0 Å². The van der Waals surface area contributed by atoms with Gasteiger partial charge in [-0.2, -0.15) is 0 Å². The monoisotopic (exact) mass is 265 g/mol. The van der Waals surface area contributed by atoms with Gasteiger partial charge in [-0.05, 0) is 47.0 Å². The number of nitrogens with zero attached hydrogens (tertiary/aromatic N) is 3. The summed E-state index contributed by atoms with van der Waals surface area (Å²) in [5, 5.41) is 0.